The summed E-state index contributed by atoms with van der Waals surface area (Å²) in [7, 11) is -0.850. The summed E-state index contributed by atoms with van der Waals surface area (Å²) in [5, 5.41) is 0. The number of ether oxygens (including phenoxy) is 2. The van der Waals surface area contributed by atoms with Crippen molar-refractivity contribution in [2.24, 2.45) is 5.92 Å². The molecule has 0 amide bonds. The lowest BCUT2D eigenvalue weighted by Gasteiger charge is -2.19. The SMILES string of the molecule is COc1cc(OC)c(S(=O)(=O)NC(C)C(C)C)cc1N. The minimum Gasteiger partial charge on any atom is -0.495 e. The monoisotopic (exact) mass is 302 g/mol. The first kappa shape index (κ1) is 16.6. The molecule has 0 aliphatic heterocycles. The molecule has 0 saturated carbocycles. The van der Waals surface area contributed by atoms with Gasteiger partial charge in [-0.15, -0.1) is 0 Å². The fraction of sp³-hybridized carbons (Fsp3) is 0.538. The number of sulfonamides is 1. The molecule has 6 nitrogen and oxygen atoms in total. The zero-order chi connectivity index (χ0) is 15.5. The lowest BCUT2D eigenvalue weighted by atomic mass is 10.1. The molecule has 0 heterocycles. The molecule has 1 atom stereocenters. The molecule has 0 bridgehead atoms. The Balaban J connectivity index is 3.27. The number of nitrogen functional groups attached to an aromatic ring is 1. The largest absolute Gasteiger partial charge is 0.495 e. The third-order valence-corrected chi connectivity index (χ3v) is 4.73. The van der Waals surface area contributed by atoms with Crippen molar-refractivity contribution in [2.45, 2.75) is 31.7 Å². The van der Waals surface area contributed by atoms with Gasteiger partial charge < -0.3 is 15.2 Å². The van der Waals surface area contributed by atoms with E-state index in [4.69, 9.17) is 15.2 Å². The smallest absolute Gasteiger partial charge is 0.244 e. The summed E-state index contributed by atoms with van der Waals surface area (Å²) in [5.41, 5.74) is 6.01. The molecule has 0 aliphatic rings. The number of hydrogen-bond donors (Lipinski definition) is 2. The molecule has 0 spiro atoms. The standard InChI is InChI=1S/C13H22N2O4S/c1-8(2)9(3)15-20(16,17)13-6-10(14)11(18-4)7-12(13)19-5/h6-9,15H,14H2,1-5H3. The Morgan fingerprint density at radius 3 is 2.10 bits per heavy atom. The molecule has 7 heteroatoms. The van der Waals surface area contributed by atoms with Gasteiger partial charge in [0.15, 0.2) is 0 Å². The molecule has 3 N–H and O–H groups in total. The van der Waals surface area contributed by atoms with E-state index >= 15 is 0 Å². The quantitative estimate of drug-likeness (QED) is 0.779. The minimum atomic E-state index is -3.71. The van der Waals surface area contributed by atoms with Crippen molar-refractivity contribution < 1.29 is 17.9 Å². The molecule has 0 aliphatic carbocycles. The average molecular weight is 302 g/mol. The Morgan fingerprint density at radius 1 is 1.10 bits per heavy atom. The number of nitrogens with two attached hydrogens (primary N) is 1. The summed E-state index contributed by atoms with van der Waals surface area (Å²) in [6, 6.07) is 2.60. The summed E-state index contributed by atoms with van der Waals surface area (Å²) < 4.78 is 37.6. The van der Waals surface area contributed by atoms with E-state index in [-0.39, 0.29) is 28.3 Å². The highest BCUT2D eigenvalue weighted by Crippen LogP contribution is 2.33. The number of methoxy groups -OCH3 is 2. The van der Waals surface area contributed by atoms with E-state index in [0.29, 0.717) is 5.75 Å². The molecule has 0 fully saturated rings. The van der Waals surface area contributed by atoms with Gasteiger partial charge in [-0.1, -0.05) is 13.8 Å². The van der Waals surface area contributed by atoms with Gasteiger partial charge in [-0.2, -0.15) is 0 Å². The predicted molar refractivity (Wildman–Crippen MR) is 78.6 cm³/mol. The second-order valence-corrected chi connectivity index (χ2v) is 6.58. The molecule has 1 aromatic rings. The number of benzene rings is 1. The van der Waals surface area contributed by atoms with Gasteiger partial charge in [0.25, 0.3) is 0 Å². The Bertz CT molecular complexity index is 570. The summed E-state index contributed by atoms with van der Waals surface area (Å²) in [5.74, 6) is 0.739. The second kappa shape index (κ2) is 6.32. The molecule has 1 rings (SSSR count). The van der Waals surface area contributed by atoms with Crippen LogP contribution in [0, 0.1) is 5.92 Å². The van der Waals surface area contributed by atoms with Crippen LogP contribution in [0.25, 0.3) is 0 Å². The Labute approximate surface area is 120 Å². The minimum absolute atomic E-state index is 0.00537. The van der Waals surface area contributed by atoms with Gasteiger partial charge in [-0.25, -0.2) is 13.1 Å². The van der Waals surface area contributed by atoms with Crippen LogP contribution in [0.3, 0.4) is 0 Å². The zero-order valence-corrected chi connectivity index (χ0v) is 13.2. The Hall–Kier alpha value is -1.47. The average Bonchev–Trinajstić information content (AvgIpc) is 2.37. The number of nitrogens with one attached hydrogen (secondary N) is 1. The Kier molecular flexibility index (Phi) is 5.24. The maximum absolute atomic E-state index is 12.4. The van der Waals surface area contributed by atoms with Gasteiger partial charge in [-0.3, -0.25) is 0 Å². The predicted octanol–water partition coefficient (Wildman–Crippen LogP) is 1.61. The molecule has 0 aromatic heterocycles. The van der Waals surface area contributed by atoms with Crippen molar-refractivity contribution in [1.82, 2.24) is 4.72 Å². The second-order valence-electron chi connectivity index (χ2n) is 4.90. The fourth-order valence-electron chi connectivity index (χ4n) is 1.55. The zero-order valence-electron chi connectivity index (χ0n) is 12.4. The van der Waals surface area contributed by atoms with Crippen molar-refractivity contribution in [3.63, 3.8) is 0 Å². The summed E-state index contributed by atoms with van der Waals surface area (Å²) >= 11 is 0. The molecule has 1 aromatic carbocycles. The lowest BCUT2D eigenvalue weighted by Crippen LogP contribution is -2.36. The van der Waals surface area contributed by atoms with E-state index in [2.05, 4.69) is 4.72 Å². The first-order valence-electron chi connectivity index (χ1n) is 6.26. The maximum atomic E-state index is 12.4. The van der Waals surface area contributed by atoms with E-state index in [1.807, 2.05) is 20.8 Å². The van der Waals surface area contributed by atoms with Gasteiger partial charge in [0, 0.05) is 12.1 Å². The van der Waals surface area contributed by atoms with E-state index in [1.54, 1.807) is 0 Å². The van der Waals surface area contributed by atoms with Crippen LogP contribution in [0.2, 0.25) is 0 Å². The first-order chi connectivity index (χ1) is 9.22. The first-order valence-corrected chi connectivity index (χ1v) is 7.75. The highest BCUT2D eigenvalue weighted by molar-refractivity contribution is 7.89. The van der Waals surface area contributed by atoms with E-state index in [9.17, 15) is 8.42 Å². The summed E-state index contributed by atoms with van der Waals surface area (Å²) in [6.45, 7) is 5.68. The van der Waals surface area contributed by atoms with Crippen LogP contribution >= 0.6 is 0 Å². The maximum Gasteiger partial charge on any atom is 0.244 e. The Morgan fingerprint density at radius 2 is 1.65 bits per heavy atom. The van der Waals surface area contributed by atoms with Crippen molar-refractivity contribution >= 4 is 15.7 Å². The van der Waals surface area contributed by atoms with Crippen molar-refractivity contribution in [3.05, 3.63) is 12.1 Å². The third-order valence-electron chi connectivity index (χ3n) is 3.15. The van der Waals surface area contributed by atoms with Gasteiger partial charge in [0.05, 0.1) is 19.9 Å². The van der Waals surface area contributed by atoms with E-state index in [0.717, 1.165) is 0 Å². The van der Waals surface area contributed by atoms with Gasteiger partial charge in [0.2, 0.25) is 10.0 Å². The van der Waals surface area contributed by atoms with Crippen molar-refractivity contribution in [3.8, 4) is 11.5 Å². The molecule has 1 unspecified atom stereocenters. The van der Waals surface area contributed by atoms with Gasteiger partial charge in [-0.05, 0) is 18.9 Å². The molecular weight excluding hydrogens is 280 g/mol. The number of hydrogen-bond acceptors (Lipinski definition) is 5. The van der Waals surface area contributed by atoms with Crippen molar-refractivity contribution in [2.75, 3.05) is 20.0 Å². The molecular formula is C13H22N2O4S. The van der Waals surface area contributed by atoms with Crippen LogP contribution in [-0.4, -0.2) is 28.7 Å². The topological polar surface area (TPSA) is 90.6 Å². The van der Waals surface area contributed by atoms with Crippen LogP contribution in [0.4, 0.5) is 5.69 Å². The fourth-order valence-corrected chi connectivity index (χ4v) is 3.13. The summed E-state index contributed by atoms with van der Waals surface area (Å²) in [4.78, 5) is 0.00537. The normalized spacial score (nSPS) is 13.3. The third kappa shape index (κ3) is 3.55. The van der Waals surface area contributed by atoms with Crippen LogP contribution in [0.15, 0.2) is 17.0 Å². The van der Waals surface area contributed by atoms with Crippen molar-refractivity contribution in [1.29, 1.82) is 0 Å². The molecule has 20 heavy (non-hydrogen) atoms. The van der Waals surface area contributed by atoms with Crippen LogP contribution in [0.1, 0.15) is 20.8 Å². The van der Waals surface area contributed by atoms with Crippen LogP contribution in [-0.2, 0) is 10.0 Å². The van der Waals surface area contributed by atoms with Crippen LogP contribution < -0.4 is 19.9 Å². The van der Waals surface area contributed by atoms with Crippen LogP contribution in [0.5, 0.6) is 11.5 Å². The molecule has 0 radical (unpaired) electrons. The number of anilines is 1. The highest BCUT2D eigenvalue weighted by atomic mass is 32.2. The molecule has 114 valence electrons. The van der Waals surface area contributed by atoms with Gasteiger partial charge in [0.1, 0.15) is 16.4 Å². The highest BCUT2D eigenvalue weighted by Gasteiger charge is 2.24. The van der Waals surface area contributed by atoms with E-state index < -0.39 is 10.0 Å². The van der Waals surface area contributed by atoms with E-state index in [1.165, 1.54) is 26.4 Å². The molecule has 0 saturated heterocycles. The van der Waals surface area contributed by atoms with Gasteiger partial charge >= 0.3 is 0 Å². The summed E-state index contributed by atoms with van der Waals surface area (Å²) in [6.07, 6.45) is 0. The number of rotatable bonds is 6. The lowest BCUT2D eigenvalue weighted by molar-refractivity contribution is 0.386.